The fraction of sp³-hybridized carbons (Fsp3) is 0.667. The minimum Gasteiger partial charge on any atom is -0.481 e. The van der Waals surface area contributed by atoms with Crippen LogP contribution < -0.4 is 0 Å². The number of carboxylic acid groups (broad SMARTS) is 1. The summed E-state index contributed by atoms with van der Waals surface area (Å²) in [5, 5.41) is 11.5. The molecule has 1 N–H and O–H groups in total. The minimum absolute atomic E-state index is 0.00368. The number of aliphatic carboxylic acids is 1. The maximum absolute atomic E-state index is 10.6. The lowest BCUT2D eigenvalue weighted by Gasteiger charge is -2.34. The van der Waals surface area contributed by atoms with Gasteiger partial charge < -0.3 is 9.84 Å². The van der Waals surface area contributed by atoms with Gasteiger partial charge in [-0.05, 0) is 12.8 Å². The molecule has 5 heteroatoms. The number of hydrogen-bond acceptors (Lipinski definition) is 4. The van der Waals surface area contributed by atoms with E-state index >= 15 is 0 Å². The predicted molar refractivity (Wildman–Crippen MR) is 65.2 cm³/mol. The standard InChI is InChI=1S/C12H17NO3S/c1-16-12(5-3-2-4-6-12)11-13-9(8-17-11)7-10(14)15/h8H,2-7H2,1H3,(H,14,15). The summed E-state index contributed by atoms with van der Waals surface area (Å²) in [5.74, 6) is -0.836. The molecule has 1 heterocycles. The van der Waals surface area contributed by atoms with Crippen LogP contribution in [0.5, 0.6) is 0 Å². The van der Waals surface area contributed by atoms with Crippen LogP contribution in [-0.4, -0.2) is 23.2 Å². The van der Waals surface area contributed by atoms with Gasteiger partial charge in [-0.1, -0.05) is 19.3 Å². The van der Waals surface area contributed by atoms with Crippen LogP contribution in [0.2, 0.25) is 0 Å². The van der Waals surface area contributed by atoms with E-state index in [-0.39, 0.29) is 12.0 Å². The van der Waals surface area contributed by atoms with Gasteiger partial charge in [-0.3, -0.25) is 4.79 Å². The average molecular weight is 255 g/mol. The third-order valence-corrected chi connectivity index (χ3v) is 4.40. The van der Waals surface area contributed by atoms with Crippen molar-refractivity contribution in [2.45, 2.75) is 44.1 Å². The molecule has 1 aromatic rings. The number of hydrogen-bond donors (Lipinski definition) is 1. The SMILES string of the molecule is COC1(c2nc(CC(=O)O)cs2)CCCCC1. The molecule has 94 valence electrons. The quantitative estimate of drug-likeness (QED) is 0.898. The summed E-state index contributed by atoms with van der Waals surface area (Å²) >= 11 is 1.52. The van der Waals surface area contributed by atoms with Crippen LogP contribution in [0.1, 0.15) is 42.8 Å². The van der Waals surface area contributed by atoms with Crippen molar-refractivity contribution in [1.29, 1.82) is 0 Å². The normalized spacial score (nSPS) is 19.1. The van der Waals surface area contributed by atoms with E-state index in [2.05, 4.69) is 4.98 Å². The fourth-order valence-electron chi connectivity index (χ4n) is 2.38. The summed E-state index contributed by atoms with van der Waals surface area (Å²) in [6.07, 6.45) is 5.53. The number of carboxylic acids is 1. The average Bonchev–Trinajstić information content (AvgIpc) is 2.78. The number of carbonyl (C=O) groups is 1. The summed E-state index contributed by atoms with van der Waals surface area (Å²) in [5.41, 5.74) is 0.374. The second kappa shape index (κ2) is 5.14. The van der Waals surface area contributed by atoms with Crippen molar-refractivity contribution in [2.75, 3.05) is 7.11 Å². The van der Waals surface area contributed by atoms with E-state index in [4.69, 9.17) is 9.84 Å². The van der Waals surface area contributed by atoms with Crippen molar-refractivity contribution in [2.24, 2.45) is 0 Å². The summed E-state index contributed by atoms with van der Waals surface area (Å²) in [4.78, 5) is 15.1. The zero-order valence-electron chi connectivity index (χ0n) is 9.94. The third kappa shape index (κ3) is 2.66. The second-order valence-corrected chi connectivity index (χ2v) is 5.33. The van der Waals surface area contributed by atoms with E-state index in [1.807, 2.05) is 5.38 Å². The molecule has 1 aliphatic rings. The number of methoxy groups -OCH3 is 1. The van der Waals surface area contributed by atoms with Crippen LogP contribution in [0.25, 0.3) is 0 Å². The molecule has 0 radical (unpaired) electrons. The number of rotatable bonds is 4. The molecule has 4 nitrogen and oxygen atoms in total. The number of nitrogens with zero attached hydrogens (tertiary/aromatic N) is 1. The minimum atomic E-state index is -0.836. The summed E-state index contributed by atoms with van der Waals surface area (Å²) in [6.45, 7) is 0. The predicted octanol–water partition coefficient (Wildman–Crippen LogP) is 2.58. The molecule has 0 atom stereocenters. The lowest BCUT2D eigenvalue weighted by atomic mass is 9.85. The Hall–Kier alpha value is -0.940. The van der Waals surface area contributed by atoms with Crippen molar-refractivity contribution in [3.8, 4) is 0 Å². The maximum atomic E-state index is 10.6. The highest BCUT2D eigenvalue weighted by atomic mass is 32.1. The van der Waals surface area contributed by atoms with Crippen LogP contribution >= 0.6 is 11.3 Å². The molecule has 1 fully saturated rings. The molecular formula is C12H17NO3S. The van der Waals surface area contributed by atoms with E-state index in [1.54, 1.807) is 7.11 Å². The van der Waals surface area contributed by atoms with E-state index in [0.717, 1.165) is 30.7 Å². The smallest absolute Gasteiger partial charge is 0.309 e. The Labute approximate surface area is 105 Å². The summed E-state index contributed by atoms with van der Waals surface area (Å²) < 4.78 is 5.68. The monoisotopic (exact) mass is 255 g/mol. The van der Waals surface area contributed by atoms with Gasteiger partial charge in [-0.25, -0.2) is 4.98 Å². The summed E-state index contributed by atoms with van der Waals surface area (Å²) in [7, 11) is 1.73. The van der Waals surface area contributed by atoms with Gasteiger partial charge in [0.25, 0.3) is 0 Å². The van der Waals surface area contributed by atoms with Crippen LogP contribution in [0.15, 0.2) is 5.38 Å². The van der Waals surface area contributed by atoms with Crippen LogP contribution in [0, 0.1) is 0 Å². The molecule has 17 heavy (non-hydrogen) atoms. The molecule has 0 aromatic carbocycles. The Morgan fingerprint density at radius 3 is 2.82 bits per heavy atom. The largest absolute Gasteiger partial charge is 0.481 e. The molecule has 0 bridgehead atoms. The highest BCUT2D eigenvalue weighted by Gasteiger charge is 2.36. The second-order valence-electron chi connectivity index (χ2n) is 4.47. The first-order valence-electron chi connectivity index (χ1n) is 5.88. The fourth-order valence-corrected chi connectivity index (χ4v) is 3.44. The molecule has 2 rings (SSSR count). The number of ether oxygens (including phenoxy) is 1. The van der Waals surface area contributed by atoms with Crippen LogP contribution in [0.3, 0.4) is 0 Å². The van der Waals surface area contributed by atoms with Gasteiger partial charge in [0.15, 0.2) is 0 Å². The van der Waals surface area contributed by atoms with Gasteiger partial charge in [0.1, 0.15) is 10.6 Å². The van der Waals surface area contributed by atoms with Crippen molar-refractivity contribution < 1.29 is 14.6 Å². The lowest BCUT2D eigenvalue weighted by molar-refractivity contribution is -0.136. The first kappa shape index (κ1) is 12.5. The molecule has 0 unspecified atom stereocenters. The first-order chi connectivity index (χ1) is 8.16. The van der Waals surface area contributed by atoms with Crippen molar-refractivity contribution in [3.63, 3.8) is 0 Å². The van der Waals surface area contributed by atoms with Gasteiger partial charge >= 0.3 is 5.97 Å². The van der Waals surface area contributed by atoms with Gasteiger partial charge in [-0.2, -0.15) is 0 Å². The molecule has 0 aliphatic heterocycles. The van der Waals surface area contributed by atoms with Gasteiger partial charge in [0, 0.05) is 12.5 Å². The molecular weight excluding hydrogens is 238 g/mol. The Morgan fingerprint density at radius 1 is 1.53 bits per heavy atom. The highest BCUT2D eigenvalue weighted by Crippen LogP contribution is 2.41. The lowest BCUT2D eigenvalue weighted by Crippen LogP contribution is -2.31. The Balaban J connectivity index is 2.19. The summed E-state index contributed by atoms with van der Waals surface area (Å²) in [6, 6.07) is 0. The van der Waals surface area contributed by atoms with Crippen molar-refractivity contribution in [1.82, 2.24) is 4.98 Å². The first-order valence-corrected chi connectivity index (χ1v) is 6.76. The van der Waals surface area contributed by atoms with E-state index in [0.29, 0.717) is 5.69 Å². The molecule has 1 aliphatic carbocycles. The Kier molecular flexibility index (Phi) is 3.79. The maximum Gasteiger partial charge on any atom is 0.309 e. The van der Waals surface area contributed by atoms with Crippen molar-refractivity contribution >= 4 is 17.3 Å². The van der Waals surface area contributed by atoms with E-state index in [9.17, 15) is 4.79 Å². The van der Waals surface area contributed by atoms with Crippen molar-refractivity contribution in [3.05, 3.63) is 16.1 Å². The highest BCUT2D eigenvalue weighted by molar-refractivity contribution is 7.09. The van der Waals surface area contributed by atoms with Gasteiger partial charge in [0.05, 0.1) is 12.1 Å². The Bertz CT molecular complexity index is 396. The molecule has 1 saturated carbocycles. The van der Waals surface area contributed by atoms with Gasteiger partial charge in [0.2, 0.25) is 0 Å². The van der Waals surface area contributed by atoms with Gasteiger partial charge in [-0.15, -0.1) is 11.3 Å². The van der Waals surface area contributed by atoms with Crippen LogP contribution in [-0.2, 0) is 21.6 Å². The molecule has 0 saturated heterocycles. The zero-order valence-corrected chi connectivity index (χ0v) is 10.8. The Morgan fingerprint density at radius 2 is 2.24 bits per heavy atom. The topological polar surface area (TPSA) is 59.4 Å². The zero-order chi connectivity index (χ0) is 12.3. The van der Waals surface area contributed by atoms with Crippen LogP contribution in [0.4, 0.5) is 0 Å². The van der Waals surface area contributed by atoms with E-state index in [1.165, 1.54) is 17.8 Å². The number of aromatic nitrogens is 1. The third-order valence-electron chi connectivity index (χ3n) is 3.33. The molecule has 0 amide bonds. The number of thiazole rings is 1. The molecule has 1 aromatic heterocycles. The van der Waals surface area contributed by atoms with E-state index < -0.39 is 5.97 Å². The molecule has 0 spiro atoms.